The number of hydrogen-bond donors (Lipinski definition) is 1. The highest BCUT2D eigenvalue weighted by molar-refractivity contribution is 7.92. The van der Waals surface area contributed by atoms with E-state index in [4.69, 9.17) is 0 Å². The van der Waals surface area contributed by atoms with Crippen molar-refractivity contribution in [3.63, 3.8) is 0 Å². The Bertz CT molecular complexity index is 1340. The Morgan fingerprint density at radius 3 is 2.05 bits per heavy atom. The lowest BCUT2D eigenvalue weighted by Crippen LogP contribution is -2.51. The summed E-state index contributed by atoms with van der Waals surface area (Å²) in [6.45, 7) is 9.59. The van der Waals surface area contributed by atoms with E-state index in [1.165, 1.54) is 17.0 Å². The maximum Gasteiger partial charge on any atom is 0.264 e. The molecule has 0 radical (unpaired) electrons. The summed E-state index contributed by atoms with van der Waals surface area (Å²) < 4.78 is 28.8. The molecule has 0 heterocycles. The highest BCUT2D eigenvalue weighted by Crippen LogP contribution is 2.26. The first-order valence-electron chi connectivity index (χ1n) is 12.8. The Morgan fingerprint density at radius 2 is 1.47 bits per heavy atom. The van der Waals surface area contributed by atoms with E-state index in [2.05, 4.69) is 5.32 Å². The Hall–Kier alpha value is -3.65. The molecular weight excluding hydrogens is 498 g/mol. The van der Waals surface area contributed by atoms with Crippen LogP contribution in [-0.4, -0.2) is 44.3 Å². The van der Waals surface area contributed by atoms with Gasteiger partial charge in [-0.3, -0.25) is 13.9 Å². The third-order valence-corrected chi connectivity index (χ3v) is 8.08. The van der Waals surface area contributed by atoms with Crippen molar-refractivity contribution < 1.29 is 18.0 Å². The molecule has 0 saturated carbocycles. The highest BCUT2D eigenvalue weighted by atomic mass is 32.2. The van der Waals surface area contributed by atoms with Crippen molar-refractivity contribution in [3.05, 3.63) is 95.1 Å². The molecule has 1 unspecified atom stereocenters. The van der Waals surface area contributed by atoms with Gasteiger partial charge in [-0.1, -0.05) is 61.0 Å². The molecule has 202 valence electrons. The Morgan fingerprint density at radius 1 is 0.868 bits per heavy atom. The smallest absolute Gasteiger partial charge is 0.264 e. The Labute approximate surface area is 226 Å². The number of anilines is 1. The van der Waals surface area contributed by atoms with Gasteiger partial charge in [-0.25, -0.2) is 8.42 Å². The van der Waals surface area contributed by atoms with Gasteiger partial charge in [-0.05, 0) is 75.1 Å². The summed E-state index contributed by atoms with van der Waals surface area (Å²) in [5.41, 5.74) is 4.09. The maximum atomic E-state index is 13.9. The molecule has 3 aromatic rings. The molecule has 0 spiro atoms. The minimum absolute atomic E-state index is 0.0887. The molecule has 0 aromatic heterocycles. The number of benzene rings is 3. The number of carbonyl (C=O) groups excluding carboxylic acids is 2. The second-order valence-electron chi connectivity index (χ2n) is 9.64. The lowest BCUT2D eigenvalue weighted by molar-refractivity contribution is -0.139. The molecule has 3 rings (SSSR count). The Kier molecular flexibility index (Phi) is 9.69. The average Bonchev–Trinajstić information content (AvgIpc) is 2.89. The number of sulfonamides is 1. The summed E-state index contributed by atoms with van der Waals surface area (Å²) in [7, 11) is -4.07. The van der Waals surface area contributed by atoms with Gasteiger partial charge >= 0.3 is 0 Å². The fourth-order valence-electron chi connectivity index (χ4n) is 4.21. The van der Waals surface area contributed by atoms with Crippen molar-refractivity contribution in [1.29, 1.82) is 0 Å². The third-order valence-electron chi connectivity index (χ3n) is 6.29. The highest BCUT2D eigenvalue weighted by Gasteiger charge is 2.32. The SMILES string of the molecule is CCCNC(=O)C(C)N(Cc1ccc(C)cc1)C(=O)CN(c1cc(C)cc(C)c1)S(=O)(=O)c1ccccc1. The van der Waals surface area contributed by atoms with Crippen LogP contribution < -0.4 is 9.62 Å². The summed E-state index contributed by atoms with van der Waals surface area (Å²) in [4.78, 5) is 28.4. The van der Waals surface area contributed by atoms with E-state index < -0.39 is 28.5 Å². The first kappa shape index (κ1) is 28.9. The largest absolute Gasteiger partial charge is 0.354 e. The van der Waals surface area contributed by atoms with Crippen molar-refractivity contribution in [2.75, 3.05) is 17.4 Å². The van der Waals surface area contributed by atoms with Gasteiger partial charge in [0.1, 0.15) is 12.6 Å². The zero-order valence-electron chi connectivity index (χ0n) is 22.8. The number of aryl methyl sites for hydroxylation is 3. The number of nitrogens with zero attached hydrogens (tertiary/aromatic N) is 2. The van der Waals surface area contributed by atoms with Gasteiger partial charge in [0, 0.05) is 13.1 Å². The van der Waals surface area contributed by atoms with Gasteiger partial charge in [0.05, 0.1) is 10.6 Å². The summed E-state index contributed by atoms with van der Waals surface area (Å²) in [6, 6.07) is 20.4. The minimum atomic E-state index is -4.07. The zero-order valence-corrected chi connectivity index (χ0v) is 23.6. The molecule has 1 atom stereocenters. The predicted molar refractivity (Wildman–Crippen MR) is 151 cm³/mol. The minimum Gasteiger partial charge on any atom is -0.354 e. The van der Waals surface area contributed by atoms with E-state index in [1.54, 1.807) is 37.3 Å². The predicted octanol–water partition coefficient (Wildman–Crippen LogP) is 4.75. The van der Waals surface area contributed by atoms with Crippen LogP contribution >= 0.6 is 0 Å². The van der Waals surface area contributed by atoms with Crippen LogP contribution in [-0.2, 0) is 26.2 Å². The number of rotatable bonds is 11. The van der Waals surface area contributed by atoms with Gasteiger partial charge in [0.25, 0.3) is 10.0 Å². The number of amides is 2. The second kappa shape index (κ2) is 12.7. The van der Waals surface area contributed by atoms with E-state index in [1.807, 2.05) is 58.0 Å². The first-order chi connectivity index (χ1) is 18.0. The number of nitrogens with one attached hydrogen (secondary N) is 1. The van der Waals surface area contributed by atoms with Crippen LogP contribution in [0, 0.1) is 20.8 Å². The van der Waals surface area contributed by atoms with E-state index in [-0.39, 0.29) is 17.3 Å². The van der Waals surface area contributed by atoms with E-state index in [0.717, 1.165) is 33.0 Å². The van der Waals surface area contributed by atoms with Crippen molar-refractivity contribution >= 4 is 27.5 Å². The molecule has 38 heavy (non-hydrogen) atoms. The summed E-state index contributed by atoms with van der Waals surface area (Å²) in [6.07, 6.45) is 0.764. The van der Waals surface area contributed by atoms with Crippen LogP contribution in [0.1, 0.15) is 42.5 Å². The first-order valence-corrected chi connectivity index (χ1v) is 14.3. The summed E-state index contributed by atoms with van der Waals surface area (Å²) in [5.74, 6) is -0.750. The van der Waals surface area contributed by atoms with Crippen LogP contribution in [0.4, 0.5) is 5.69 Å². The normalized spacial score (nSPS) is 12.0. The molecule has 7 nitrogen and oxygen atoms in total. The molecule has 8 heteroatoms. The van der Waals surface area contributed by atoms with E-state index >= 15 is 0 Å². The number of hydrogen-bond acceptors (Lipinski definition) is 4. The molecule has 0 saturated heterocycles. The lowest BCUT2D eigenvalue weighted by Gasteiger charge is -2.32. The standard InChI is InChI=1S/C30H37N3O4S/c1-6-16-31-30(35)25(5)32(20-26-14-12-22(2)13-15-26)29(34)21-33(27-18-23(3)17-24(4)19-27)38(36,37)28-10-8-7-9-11-28/h7-15,17-19,25H,6,16,20-21H2,1-5H3,(H,31,35). The third kappa shape index (κ3) is 7.22. The fraction of sp³-hybridized carbons (Fsp3) is 0.333. The van der Waals surface area contributed by atoms with Crippen LogP contribution in [0.5, 0.6) is 0 Å². The summed E-state index contributed by atoms with van der Waals surface area (Å²) >= 11 is 0. The fourth-order valence-corrected chi connectivity index (χ4v) is 5.63. The van der Waals surface area contributed by atoms with E-state index in [9.17, 15) is 18.0 Å². The van der Waals surface area contributed by atoms with Crippen LogP contribution in [0.25, 0.3) is 0 Å². The molecule has 0 bridgehead atoms. The van der Waals surface area contributed by atoms with Gasteiger partial charge in [0.15, 0.2) is 0 Å². The van der Waals surface area contributed by atoms with Gasteiger partial charge in [-0.2, -0.15) is 0 Å². The van der Waals surface area contributed by atoms with Crippen LogP contribution in [0.2, 0.25) is 0 Å². The molecule has 0 fully saturated rings. The Balaban J connectivity index is 2.03. The maximum absolute atomic E-state index is 13.9. The van der Waals surface area contributed by atoms with Gasteiger partial charge in [-0.15, -0.1) is 0 Å². The molecule has 0 aliphatic carbocycles. The van der Waals surface area contributed by atoms with Gasteiger partial charge < -0.3 is 10.2 Å². The topological polar surface area (TPSA) is 86.8 Å². The van der Waals surface area contributed by atoms with Crippen molar-refractivity contribution in [2.45, 2.75) is 58.5 Å². The molecule has 0 aliphatic heterocycles. The van der Waals surface area contributed by atoms with Crippen molar-refractivity contribution in [3.8, 4) is 0 Å². The van der Waals surface area contributed by atoms with Crippen LogP contribution in [0.3, 0.4) is 0 Å². The van der Waals surface area contributed by atoms with E-state index in [0.29, 0.717) is 12.2 Å². The average molecular weight is 536 g/mol. The van der Waals surface area contributed by atoms with Crippen LogP contribution in [0.15, 0.2) is 77.7 Å². The zero-order chi connectivity index (χ0) is 27.9. The molecule has 1 N–H and O–H groups in total. The molecular formula is C30H37N3O4S. The lowest BCUT2D eigenvalue weighted by atomic mass is 10.1. The monoisotopic (exact) mass is 535 g/mol. The van der Waals surface area contributed by atoms with Gasteiger partial charge in [0.2, 0.25) is 11.8 Å². The van der Waals surface area contributed by atoms with Crippen molar-refractivity contribution in [2.24, 2.45) is 0 Å². The molecule has 2 amide bonds. The quantitative estimate of drug-likeness (QED) is 0.384. The molecule has 3 aromatic carbocycles. The number of carbonyl (C=O) groups is 2. The second-order valence-corrected chi connectivity index (χ2v) is 11.5. The van der Waals surface area contributed by atoms with Crippen molar-refractivity contribution in [1.82, 2.24) is 10.2 Å². The summed E-state index contributed by atoms with van der Waals surface area (Å²) in [5, 5.41) is 2.85. The molecule has 0 aliphatic rings.